The third kappa shape index (κ3) is 6.41. The number of likely N-dealkylation sites (tertiary alicyclic amines) is 1. The number of alkyl halides is 1. The van der Waals surface area contributed by atoms with Crippen LogP contribution in [0.5, 0.6) is 0 Å². The average Bonchev–Trinajstić information content (AvgIpc) is 3.19. The van der Waals surface area contributed by atoms with E-state index in [9.17, 15) is 18.4 Å². The van der Waals surface area contributed by atoms with Crippen LogP contribution in [0.15, 0.2) is 42.5 Å². The first-order valence-corrected chi connectivity index (χ1v) is 15.9. The molecule has 1 fully saturated rings. The Morgan fingerprint density at radius 2 is 1.97 bits per heavy atom. The van der Waals surface area contributed by atoms with Gasteiger partial charge in [0.15, 0.2) is 5.78 Å². The summed E-state index contributed by atoms with van der Waals surface area (Å²) in [4.78, 5) is 27.4. The van der Waals surface area contributed by atoms with Crippen LogP contribution in [0.4, 0.5) is 14.5 Å². The number of Topliss-reactive ketones (excluding diaryl/α,β-unsaturated/α-hetero) is 1. The van der Waals surface area contributed by atoms with Gasteiger partial charge in [0.25, 0.3) is 0 Å². The van der Waals surface area contributed by atoms with Gasteiger partial charge in [0.1, 0.15) is 12.0 Å². The van der Waals surface area contributed by atoms with E-state index in [0.717, 1.165) is 0 Å². The first-order valence-electron chi connectivity index (χ1n) is 12.0. The second kappa shape index (κ2) is 11.2. The van der Waals surface area contributed by atoms with Gasteiger partial charge in [0.2, 0.25) is 5.91 Å². The minimum absolute atomic E-state index is 0.0185. The number of benzene rings is 2. The molecule has 3 rings (SSSR count). The highest BCUT2D eigenvalue weighted by atomic mass is 35.5. The Balaban J connectivity index is 1.85. The smallest absolute Gasteiger partial charge is 0.237 e. The van der Waals surface area contributed by atoms with E-state index in [1.54, 1.807) is 17.0 Å². The van der Waals surface area contributed by atoms with Crippen LogP contribution in [-0.4, -0.2) is 49.5 Å². The van der Waals surface area contributed by atoms with E-state index in [2.05, 4.69) is 25.0 Å². The van der Waals surface area contributed by atoms with Gasteiger partial charge in [-0.3, -0.25) is 14.5 Å². The largest absolute Gasteiger partial charge is 0.398 e. The van der Waals surface area contributed by atoms with Gasteiger partial charge in [-0.1, -0.05) is 66.8 Å². The standard InChI is InChI=1S/C27H34ClF2N3O2Si/c1-16(11-21(17(2)34)22-13-20(36(3,4)5)9-10-24(22)31)33-15-19(29)12-25(33)27(35)32-14-18-7-6-8-23(28)26(18)30/h6-11,13,16,19,25H,12,14-15,31H2,1-5H3,(H,32,35)/t16?,19-,25+/m1/s1. The molecule has 5 nitrogen and oxygen atoms in total. The molecule has 0 spiro atoms. The highest BCUT2D eigenvalue weighted by Crippen LogP contribution is 2.28. The Bertz CT molecular complexity index is 1180. The van der Waals surface area contributed by atoms with E-state index in [4.69, 9.17) is 17.3 Å². The number of nitrogens with one attached hydrogen (secondary N) is 1. The van der Waals surface area contributed by atoms with Gasteiger partial charge < -0.3 is 11.1 Å². The maximum Gasteiger partial charge on any atom is 0.237 e. The highest BCUT2D eigenvalue weighted by Gasteiger charge is 2.39. The lowest BCUT2D eigenvalue weighted by Gasteiger charge is -2.28. The molecule has 194 valence electrons. The van der Waals surface area contributed by atoms with Crippen LogP contribution in [0.25, 0.3) is 5.57 Å². The van der Waals surface area contributed by atoms with Gasteiger partial charge >= 0.3 is 0 Å². The van der Waals surface area contributed by atoms with Crippen LogP contribution >= 0.6 is 11.6 Å². The third-order valence-electron chi connectivity index (χ3n) is 6.60. The zero-order valence-electron chi connectivity index (χ0n) is 21.4. The van der Waals surface area contributed by atoms with E-state index >= 15 is 0 Å². The number of allylic oxidation sites excluding steroid dienone is 1. The first kappa shape index (κ1) is 28.0. The Morgan fingerprint density at radius 3 is 2.61 bits per heavy atom. The molecule has 1 amide bonds. The molecule has 1 aliphatic rings. The predicted octanol–water partition coefficient (Wildman–Crippen LogP) is 4.70. The Kier molecular flexibility index (Phi) is 8.74. The van der Waals surface area contributed by atoms with Crippen molar-refractivity contribution in [1.29, 1.82) is 0 Å². The summed E-state index contributed by atoms with van der Waals surface area (Å²) in [5.74, 6) is -1.15. The number of rotatable bonds is 8. The van der Waals surface area contributed by atoms with Gasteiger partial charge in [0, 0.05) is 47.9 Å². The molecule has 1 heterocycles. The fraction of sp³-hybridized carbons (Fsp3) is 0.407. The molecule has 0 bridgehead atoms. The van der Waals surface area contributed by atoms with Crippen LogP contribution in [0, 0.1) is 5.82 Å². The number of nitrogens with two attached hydrogens (primary N) is 1. The van der Waals surface area contributed by atoms with Gasteiger partial charge in [-0.25, -0.2) is 8.78 Å². The second-order valence-corrected chi connectivity index (χ2v) is 15.9. The van der Waals surface area contributed by atoms with Crippen LogP contribution < -0.4 is 16.2 Å². The molecule has 9 heteroatoms. The monoisotopic (exact) mass is 533 g/mol. The number of anilines is 1. The fourth-order valence-electron chi connectivity index (χ4n) is 4.49. The molecular formula is C27H34ClF2N3O2Si. The van der Waals surface area contributed by atoms with Crippen molar-refractivity contribution in [3.05, 3.63) is 64.4 Å². The Hall–Kier alpha value is -2.55. The van der Waals surface area contributed by atoms with Crippen molar-refractivity contribution >= 4 is 47.8 Å². The number of amides is 1. The van der Waals surface area contributed by atoms with Crippen molar-refractivity contribution < 1.29 is 18.4 Å². The number of ketones is 1. The van der Waals surface area contributed by atoms with Crippen LogP contribution in [0.2, 0.25) is 24.7 Å². The number of hydrogen-bond acceptors (Lipinski definition) is 4. The zero-order valence-corrected chi connectivity index (χ0v) is 23.1. The van der Waals surface area contributed by atoms with E-state index in [1.165, 1.54) is 24.2 Å². The van der Waals surface area contributed by atoms with Gasteiger partial charge in [-0.15, -0.1) is 0 Å². The first-order chi connectivity index (χ1) is 16.8. The van der Waals surface area contributed by atoms with Crippen molar-refractivity contribution in [2.75, 3.05) is 12.3 Å². The summed E-state index contributed by atoms with van der Waals surface area (Å²) in [6, 6.07) is 9.20. The van der Waals surface area contributed by atoms with E-state index in [-0.39, 0.29) is 35.9 Å². The summed E-state index contributed by atoms with van der Waals surface area (Å²) < 4.78 is 28.7. The highest BCUT2D eigenvalue weighted by molar-refractivity contribution is 6.88. The molecule has 2 aromatic carbocycles. The van der Waals surface area contributed by atoms with Crippen LogP contribution in [0.1, 0.15) is 31.4 Å². The summed E-state index contributed by atoms with van der Waals surface area (Å²) >= 11 is 5.82. The Labute approximate surface area is 217 Å². The van der Waals surface area contributed by atoms with Crippen molar-refractivity contribution in [3.8, 4) is 0 Å². The number of hydrogen-bond donors (Lipinski definition) is 2. The molecule has 2 aromatic rings. The minimum atomic E-state index is -1.66. The van der Waals surface area contributed by atoms with Crippen molar-refractivity contribution in [2.45, 2.75) is 64.7 Å². The normalized spacial score (nSPS) is 19.8. The van der Waals surface area contributed by atoms with E-state index < -0.39 is 38.1 Å². The number of carbonyl (C=O) groups is 2. The zero-order chi connectivity index (χ0) is 26.8. The molecule has 1 aliphatic heterocycles. The number of halogens is 3. The summed E-state index contributed by atoms with van der Waals surface area (Å²) in [5, 5.41) is 3.85. The molecule has 0 saturated carbocycles. The average molecular weight is 534 g/mol. The topological polar surface area (TPSA) is 75.4 Å². The summed E-state index contributed by atoms with van der Waals surface area (Å²) in [6.07, 6.45) is 0.586. The van der Waals surface area contributed by atoms with Crippen LogP contribution in [0.3, 0.4) is 0 Å². The summed E-state index contributed by atoms with van der Waals surface area (Å²) in [6.45, 7) is 9.94. The molecule has 3 N–H and O–H groups in total. The molecule has 0 radical (unpaired) electrons. The van der Waals surface area contributed by atoms with Crippen molar-refractivity contribution in [3.63, 3.8) is 0 Å². The minimum Gasteiger partial charge on any atom is -0.398 e. The maximum atomic E-state index is 14.5. The van der Waals surface area contributed by atoms with Gasteiger partial charge in [0.05, 0.1) is 19.1 Å². The van der Waals surface area contributed by atoms with Crippen molar-refractivity contribution in [1.82, 2.24) is 10.2 Å². The predicted molar refractivity (Wildman–Crippen MR) is 145 cm³/mol. The van der Waals surface area contributed by atoms with Crippen LogP contribution in [-0.2, 0) is 16.1 Å². The number of nitrogen functional groups attached to an aromatic ring is 1. The van der Waals surface area contributed by atoms with Crippen molar-refractivity contribution in [2.24, 2.45) is 0 Å². The molecular weight excluding hydrogens is 500 g/mol. The quantitative estimate of drug-likeness (QED) is 0.293. The number of nitrogens with zero attached hydrogens (tertiary/aromatic N) is 1. The second-order valence-electron chi connectivity index (χ2n) is 10.4. The lowest BCUT2D eigenvalue weighted by molar-refractivity contribution is -0.126. The Morgan fingerprint density at radius 1 is 1.28 bits per heavy atom. The third-order valence-corrected chi connectivity index (χ3v) is 8.93. The molecule has 1 unspecified atom stereocenters. The van der Waals surface area contributed by atoms with Gasteiger partial charge in [-0.2, -0.15) is 0 Å². The summed E-state index contributed by atoms with van der Waals surface area (Å²) in [7, 11) is -1.66. The number of carbonyl (C=O) groups excluding carboxylic acids is 2. The van der Waals surface area contributed by atoms with E-state index in [0.29, 0.717) is 16.8 Å². The molecule has 0 aromatic heterocycles. The lowest BCUT2D eigenvalue weighted by Crippen LogP contribution is -2.46. The molecule has 1 saturated heterocycles. The maximum absolute atomic E-state index is 14.5. The van der Waals surface area contributed by atoms with E-state index in [1.807, 2.05) is 25.1 Å². The SMILES string of the molecule is CC(=O)C(=CC(C)N1C[C@H](F)C[C@H]1C(=O)NCc1cccc(Cl)c1F)c1cc([Si](C)(C)C)ccc1N. The molecule has 3 atom stereocenters. The molecule has 36 heavy (non-hydrogen) atoms. The lowest BCUT2D eigenvalue weighted by atomic mass is 9.98. The molecule has 0 aliphatic carbocycles. The fourth-order valence-corrected chi connectivity index (χ4v) is 5.85. The van der Waals surface area contributed by atoms with Gasteiger partial charge in [-0.05, 0) is 26.0 Å². The summed E-state index contributed by atoms with van der Waals surface area (Å²) in [5.41, 5.74) is 8.11.